The zero-order valence-corrected chi connectivity index (χ0v) is 16.1. The number of benzene rings is 1. The van der Waals surface area contributed by atoms with E-state index in [0.717, 1.165) is 44.4 Å². The van der Waals surface area contributed by atoms with Gasteiger partial charge in [-0.05, 0) is 48.8 Å². The summed E-state index contributed by atoms with van der Waals surface area (Å²) in [5, 5.41) is 3.12. The molecule has 5 heteroatoms. The van der Waals surface area contributed by atoms with E-state index in [-0.39, 0.29) is 29.4 Å². The van der Waals surface area contributed by atoms with Crippen LogP contribution in [0.25, 0.3) is 0 Å². The molecule has 2 aliphatic heterocycles. The fourth-order valence-corrected chi connectivity index (χ4v) is 4.40. The van der Waals surface area contributed by atoms with E-state index in [1.807, 2.05) is 11.0 Å². The molecule has 2 saturated heterocycles. The van der Waals surface area contributed by atoms with Crippen molar-refractivity contribution in [2.24, 2.45) is 11.3 Å². The highest BCUT2D eigenvalue weighted by Gasteiger charge is 2.36. The molecular weight excluding hydrogens is 331 g/mol. The number of likely N-dealkylation sites (tertiary alicyclic amines) is 1. The van der Waals surface area contributed by atoms with Crippen molar-refractivity contribution in [2.75, 3.05) is 19.7 Å². The molecule has 1 aromatic rings. The van der Waals surface area contributed by atoms with E-state index >= 15 is 0 Å². The van der Waals surface area contributed by atoms with Crippen molar-refractivity contribution in [3.8, 4) is 0 Å². The normalized spacial score (nSPS) is 26.8. The van der Waals surface area contributed by atoms with Gasteiger partial charge >= 0.3 is 6.03 Å². The predicted octanol–water partition coefficient (Wildman–Crippen LogP) is 4.51. The van der Waals surface area contributed by atoms with Gasteiger partial charge in [0.25, 0.3) is 0 Å². The van der Waals surface area contributed by atoms with Crippen LogP contribution in [0.15, 0.2) is 24.3 Å². The number of ether oxygens (including phenoxy) is 1. The molecule has 0 spiro atoms. The molecule has 0 saturated carbocycles. The van der Waals surface area contributed by atoms with Crippen LogP contribution in [0.3, 0.4) is 0 Å². The van der Waals surface area contributed by atoms with Crippen LogP contribution in [0, 0.1) is 17.2 Å². The molecule has 0 radical (unpaired) electrons. The molecule has 0 unspecified atom stereocenters. The minimum absolute atomic E-state index is 0.0354. The molecule has 3 atom stereocenters. The number of nitrogens with one attached hydrogen (secondary N) is 1. The fraction of sp³-hybridized carbons (Fsp3) is 0.667. The molecule has 1 aromatic carbocycles. The molecule has 2 fully saturated rings. The summed E-state index contributed by atoms with van der Waals surface area (Å²) in [6, 6.07) is 6.53. The first-order valence-electron chi connectivity index (χ1n) is 9.78. The highest BCUT2D eigenvalue weighted by Crippen LogP contribution is 2.35. The fourth-order valence-electron chi connectivity index (χ4n) is 4.40. The molecular formula is C21H31FN2O2. The summed E-state index contributed by atoms with van der Waals surface area (Å²) < 4.78 is 19.6. The third-order valence-electron chi connectivity index (χ3n) is 5.56. The van der Waals surface area contributed by atoms with Gasteiger partial charge in [-0.3, -0.25) is 0 Å². The van der Waals surface area contributed by atoms with E-state index < -0.39 is 0 Å². The smallest absolute Gasteiger partial charge is 0.317 e. The predicted molar refractivity (Wildman–Crippen MR) is 100 cm³/mol. The van der Waals surface area contributed by atoms with Gasteiger partial charge in [0, 0.05) is 25.6 Å². The molecule has 0 aliphatic carbocycles. The van der Waals surface area contributed by atoms with Gasteiger partial charge in [-0.2, -0.15) is 0 Å². The molecule has 0 aromatic heterocycles. The lowest BCUT2D eigenvalue weighted by Gasteiger charge is -2.40. The van der Waals surface area contributed by atoms with Crippen molar-refractivity contribution < 1.29 is 13.9 Å². The Hall–Kier alpha value is -1.62. The van der Waals surface area contributed by atoms with Crippen molar-refractivity contribution in [1.82, 2.24) is 10.2 Å². The van der Waals surface area contributed by atoms with E-state index in [1.54, 1.807) is 12.1 Å². The minimum atomic E-state index is -0.248. The third-order valence-corrected chi connectivity index (χ3v) is 5.56. The Morgan fingerprint density at radius 3 is 2.85 bits per heavy atom. The molecule has 2 amide bonds. The van der Waals surface area contributed by atoms with Crippen LogP contribution in [-0.2, 0) is 4.74 Å². The van der Waals surface area contributed by atoms with E-state index in [1.165, 1.54) is 6.07 Å². The van der Waals surface area contributed by atoms with Gasteiger partial charge in [0.2, 0.25) is 0 Å². The summed E-state index contributed by atoms with van der Waals surface area (Å²) in [5.41, 5.74) is 0.944. The lowest BCUT2D eigenvalue weighted by molar-refractivity contribution is -0.0839. The number of hydrogen-bond acceptors (Lipinski definition) is 2. The topological polar surface area (TPSA) is 41.6 Å². The van der Waals surface area contributed by atoms with E-state index in [9.17, 15) is 9.18 Å². The highest BCUT2D eigenvalue weighted by molar-refractivity contribution is 5.75. The maximum atomic E-state index is 13.6. The number of halogens is 1. The quantitative estimate of drug-likeness (QED) is 0.859. The Morgan fingerprint density at radius 1 is 1.31 bits per heavy atom. The van der Waals surface area contributed by atoms with Crippen LogP contribution in [-0.4, -0.2) is 36.7 Å². The first kappa shape index (κ1) is 19.2. The lowest BCUT2D eigenvalue weighted by atomic mass is 9.78. The molecule has 3 rings (SSSR count). The van der Waals surface area contributed by atoms with Gasteiger partial charge in [0.05, 0.1) is 12.1 Å². The molecule has 2 heterocycles. The molecule has 2 aliphatic rings. The number of carbonyl (C=O) groups is 1. The summed E-state index contributed by atoms with van der Waals surface area (Å²) in [4.78, 5) is 14.6. The Bertz CT molecular complexity index is 629. The van der Waals surface area contributed by atoms with Crippen LogP contribution in [0.5, 0.6) is 0 Å². The second-order valence-electron chi connectivity index (χ2n) is 8.65. The monoisotopic (exact) mass is 362 g/mol. The van der Waals surface area contributed by atoms with Gasteiger partial charge < -0.3 is 15.0 Å². The Balaban J connectivity index is 1.62. The van der Waals surface area contributed by atoms with Crippen LogP contribution >= 0.6 is 0 Å². The zero-order chi connectivity index (χ0) is 18.7. The summed E-state index contributed by atoms with van der Waals surface area (Å²) in [7, 11) is 0. The van der Waals surface area contributed by atoms with Crippen molar-refractivity contribution in [3.05, 3.63) is 35.6 Å². The van der Waals surface area contributed by atoms with Crippen LogP contribution < -0.4 is 5.32 Å². The Morgan fingerprint density at radius 2 is 2.12 bits per heavy atom. The van der Waals surface area contributed by atoms with Gasteiger partial charge in [-0.1, -0.05) is 32.9 Å². The van der Waals surface area contributed by atoms with Gasteiger partial charge in [-0.25, -0.2) is 9.18 Å². The van der Waals surface area contributed by atoms with Gasteiger partial charge in [0.1, 0.15) is 5.82 Å². The Kier molecular flexibility index (Phi) is 5.86. The second kappa shape index (κ2) is 7.95. The standard InChI is InChI=1S/C21H31FN2O2/c1-21(2,3)19-16(8-6-12-26-19)14-23-20(25)24-11-5-10-18(24)15-7-4-9-17(22)13-15/h4,7,9,13,16,18-19H,5-6,8,10-12,14H2,1-3H3,(H,23,25)/t16-,18+,19+/m0/s1. The number of hydrogen-bond donors (Lipinski definition) is 1. The van der Waals surface area contributed by atoms with E-state index in [0.29, 0.717) is 12.5 Å². The van der Waals surface area contributed by atoms with Crippen molar-refractivity contribution in [1.29, 1.82) is 0 Å². The molecule has 4 nitrogen and oxygen atoms in total. The highest BCUT2D eigenvalue weighted by atomic mass is 19.1. The van der Waals surface area contributed by atoms with Gasteiger partial charge in [0.15, 0.2) is 0 Å². The average Bonchev–Trinajstić information content (AvgIpc) is 3.09. The summed E-state index contributed by atoms with van der Waals surface area (Å²) in [6.45, 7) is 8.74. The van der Waals surface area contributed by atoms with Crippen LogP contribution in [0.2, 0.25) is 0 Å². The van der Waals surface area contributed by atoms with E-state index in [2.05, 4.69) is 26.1 Å². The lowest BCUT2D eigenvalue weighted by Crippen LogP contribution is -2.47. The first-order valence-corrected chi connectivity index (χ1v) is 9.78. The maximum absolute atomic E-state index is 13.6. The third kappa shape index (κ3) is 4.37. The summed E-state index contributed by atoms with van der Waals surface area (Å²) in [6.07, 6.45) is 4.12. The average molecular weight is 362 g/mol. The largest absolute Gasteiger partial charge is 0.377 e. The summed E-state index contributed by atoms with van der Waals surface area (Å²) >= 11 is 0. The molecule has 144 valence electrons. The zero-order valence-electron chi connectivity index (χ0n) is 16.1. The minimum Gasteiger partial charge on any atom is -0.377 e. The number of amides is 2. The van der Waals surface area contributed by atoms with Crippen molar-refractivity contribution >= 4 is 6.03 Å². The number of nitrogens with zero attached hydrogens (tertiary/aromatic N) is 1. The van der Waals surface area contributed by atoms with Crippen LogP contribution in [0.4, 0.5) is 9.18 Å². The first-order chi connectivity index (χ1) is 12.4. The number of carbonyl (C=O) groups excluding carboxylic acids is 1. The van der Waals surface area contributed by atoms with Crippen molar-refractivity contribution in [3.63, 3.8) is 0 Å². The SMILES string of the molecule is CC(C)(C)[C@@H]1OCCC[C@H]1CNC(=O)N1CCC[C@@H]1c1cccc(F)c1. The Labute approximate surface area is 156 Å². The second-order valence-corrected chi connectivity index (χ2v) is 8.65. The molecule has 0 bridgehead atoms. The van der Waals surface area contributed by atoms with Crippen LogP contribution in [0.1, 0.15) is 58.1 Å². The molecule has 26 heavy (non-hydrogen) atoms. The number of rotatable bonds is 3. The number of urea groups is 1. The van der Waals surface area contributed by atoms with Crippen molar-refractivity contribution in [2.45, 2.75) is 58.6 Å². The summed E-state index contributed by atoms with van der Waals surface area (Å²) in [5.74, 6) is 0.0880. The maximum Gasteiger partial charge on any atom is 0.317 e. The molecule has 1 N–H and O–H groups in total. The van der Waals surface area contributed by atoms with E-state index in [4.69, 9.17) is 4.74 Å². The van der Waals surface area contributed by atoms with Gasteiger partial charge in [-0.15, -0.1) is 0 Å².